The topological polar surface area (TPSA) is 87.9 Å². The summed E-state index contributed by atoms with van der Waals surface area (Å²) in [5.41, 5.74) is 1.58. The molecule has 0 saturated carbocycles. The molecule has 0 aliphatic carbocycles. The van der Waals surface area contributed by atoms with E-state index < -0.39 is 6.04 Å². The Hall–Kier alpha value is -3.35. The number of benzene rings is 1. The van der Waals surface area contributed by atoms with Crippen LogP contribution in [0.3, 0.4) is 0 Å². The van der Waals surface area contributed by atoms with E-state index in [-0.39, 0.29) is 11.5 Å². The van der Waals surface area contributed by atoms with E-state index in [0.717, 1.165) is 5.39 Å². The highest BCUT2D eigenvalue weighted by Gasteiger charge is 2.34. The Morgan fingerprint density at radius 2 is 2.22 bits per heavy atom. The number of pyridine rings is 1. The molecule has 27 heavy (non-hydrogen) atoms. The van der Waals surface area contributed by atoms with Gasteiger partial charge < -0.3 is 14.1 Å². The molecule has 3 aromatic rings. The molecule has 1 aliphatic heterocycles. The van der Waals surface area contributed by atoms with Gasteiger partial charge in [0.15, 0.2) is 0 Å². The highest BCUT2D eigenvalue weighted by Crippen LogP contribution is 2.32. The summed E-state index contributed by atoms with van der Waals surface area (Å²) in [5, 5.41) is 6.60. The average molecular weight is 365 g/mol. The van der Waals surface area contributed by atoms with E-state index in [1.54, 1.807) is 24.5 Å². The standard InChI is InChI=1S/C20H19N3O4/c1-3-26-14-7-6-13-9-15(20(25)21-16(13)10-14)18-11-17(19-5-4-8-27-19)22-23(18)12(2)24/h4-10,18H,3,11H2,1-2H3,(H,21,25)/t18-/m0/s1. The molecule has 1 N–H and O–H groups in total. The number of carbonyl (C=O) groups is 1. The quantitative estimate of drug-likeness (QED) is 0.769. The van der Waals surface area contributed by atoms with Crippen LogP contribution >= 0.6 is 0 Å². The number of aromatic nitrogens is 1. The molecule has 1 amide bonds. The zero-order valence-corrected chi connectivity index (χ0v) is 15.1. The van der Waals surface area contributed by atoms with Crippen molar-refractivity contribution in [2.24, 2.45) is 5.10 Å². The van der Waals surface area contributed by atoms with Crippen LogP contribution in [0.2, 0.25) is 0 Å². The van der Waals surface area contributed by atoms with Crippen LogP contribution in [0, 0.1) is 0 Å². The van der Waals surface area contributed by atoms with Gasteiger partial charge in [0.1, 0.15) is 17.2 Å². The summed E-state index contributed by atoms with van der Waals surface area (Å²) in [6.07, 6.45) is 1.97. The highest BCUT2D eigenvalue weighted by atomic mass is 16.5. The molecular formula is C20H19N3O4. The minimum absolute atomic E-state index is 0.229. The number of carbonyl (C=O) groups excluding carboxylic acids is 1. The molecule has 138 valence electrons. The molecule has 4 rings (SSSR count). The maximum Gasteiger partial charge on any atom is 0.253 e. The van der Waals surface area contributed by atoms with Crippen molar-refractivity contribution < 1.29 is 13.9 Å². The molecule has 2 aromatic heterocycles. The van der Waals surface area contributed by atoms with Crippen LogP contribution in [0.4, 0.5) is 0 Å². The number of hydrogen-bond acceptors (Lipinski definition) is 5. The van der Waals surface area contributed by atoms with Gasteiger partial charge in [0.2, 0.25) is 5.91 Å². The lowest BCUT2D eigenvalue weighted by Gasteiger charge is -2.20. The SMILES string of the molecule is CCOc1ccc2cc([C@@H]3CC(c4ccco4)=NN3C(C)=O)c(=O)[nH]c2c1. The molecule has 0 bridgehead atoms. The van der Waals surface area contributed by atoms with Crippen molar-refractivity contribution in [1.82, 2.24) is 9.99 Å². The molecule has 3 heterocycles. The van der Waals surface area contributed by atoms with Gasteiger partial charge in [0.05, 0.1) is 24.4 Å². The Labute approximate surface area is 155 Å². The fourth-order valence-electron chi connectivity index (χ4n) is 3.34. The van der Waals surface area contributed by atoms with Crippen LogP contribution in [0.5, 0.6) is 5.75 Å². The van der Waals surface area contributed by atoms with E-state index in [0.29, 0.717) is 41.3 Å². The fraction of sp³-hybridized carbons (Fsp3) is 0.250. The van der Waals surface area contributed by atoms with E-state index in [2.05, 4.69) is 10.1 Å². The lowest BCUT2D eigenvalue weighted by Crippen LogP contribution is -2.29. The van der Waals surface area contributed by atoms with Crippen molar-refractivity contribution >= 4 is 22.5 Å². The summed E-state index contributed by atoms with van der Waals surface area (Å²) in [6.45, 7) is 3.89. The second-order valence-electron chi connectivity index (χ2n) is 6.34. The summed E-state index contributed by atoms with van der Waals surface area (Å²) in [6, 6.07) is 10.4. The molecule has 7 nitrogen and oxygen atoms in total. The first-order valence-electron chi connectivity index (χ1n) is 8.77. The highest BCUT2D eigenvalue weighted by molar-refractivity contribution is 6.01. The first-order valence-corrected chi connectivity index (χ1v) is 8.77. The van der Waals surface area contributed by atoms with Crippen LogP contribution < -0.4 is 10.3 Å². The number of hydrazone groups is 1. The average Bonchev–Trinajstić information content (AvgIpc) is 3.31. The lowest BCUT2D eigenvalue weighted by molar-refractivity contribution is -0.130. The Kier molecular flexibility index (Phi) is 4.27. The first kappa shape index (κ1) is 17.1. The van der Waals surface area contributed by atoms with Crippen molar-refractivity contribution in [3.63, 3.8) is 0 Å². The van der Waals surface area contributed by atoms with Gasteiger partial charge in [-0.15, -0.1) is 0 Å². The monoisotopic (exact) mass is 365 g/mol. The van der Waals surface area contributed by atoms with Crippen LogP contribution in [0.1, 0.15) is 37.6 Å². The van der Waals surface area contributed by atoms with Crippen molar-refractivity contribution in [2.75, 3.05) is 6.61 Å². The maximum atomic E-state index is 12.7. The van der Waals surface area contributed by atoms with Crippen molar-refractivity contribution in [3.8, 4) is 5.75 Å². The third kappa shape index (κ3) is 3.12. The van der Waals surface area contributed by atoms with Gasteiger partial charge in [0, 0.05) is 25.0 Å². The normalized spacial score (nSPS) is 16.6. The van der Waals surface area contributed by atoms with Gasteiger partial charge >= 0.3 is 0 Å². The van der Waals surface area contributed by atoms with Crippen LogP contribution in [-0.2, 0) is 4.79 Å². The lowest BCUT2D eigenvalue weighted by atomic mass is 10.0. The Morgan fingerprint density at radius 1 is 1.37 bits per heavy atom. The number of nitrogens with one attached hydrogen (secondary N) is 1. The number of fused-ring (bicyclic) bond motifs is 1. The predicted molar refractivity (Wildman–Crippen MR) is 101 cm³/mol. The summed E-state index contributed by atoms with van der Waals surface area (Å²) < 4.78 is 10.9. The first-order chi connectivity index (χ1) is 13.1. The molecule has 7 heteroatoms. The zero-order chi connectivity index (χ0) is 19.0. The Balaban J connectivity index is 1.74. The number of amides is 1. The summed E-state index contributed by atoms with van der Waals surface area (Å²) in [5.74, 6) is 1.07. The minimum atomic E-state index is -0.470. The van der Waals surface area contributed by atoms with Crippen LogP contribution in [0.15, 0.2) is 57.0 Å². The van der Waals surface area contributed by atoms with Gasteiger partial charge in [-0.3, -0.25) is 9.59 Å². The van der Waals surface area contributed by atoms with Crippen molar-refractivity contribution in [1.29, 1.82) is 0 Å². The van der Waals surface area contributed by atoms with Gasteiger partial charge in [-0.25, -0.2) is 5.01 Å². The molecule has 0 spiro atoms. The number of H-pyrrole nitrogens is 1. The van der Waals surface area contributed by atoms with Crippen LogP contribution in [-0.4, -0.2) is 28.2 Å². The van der Waals surface area contributed by atoms with E-state index in [4.69, 9.17) is 9.15 Å². The van der Waals surface area contributed by atoms with E-state index in [9.17, 15) is 9.59 Å². The van der Waals surface area contributed by atoms with Crippen molar-refractivity contribution in [2.45, 2.75) is 26.3 Å². The molecule has 0 fully saturated rings. The summed E-state index contributed by atoms with van der Waals surface area (Å²) in [4.78, 5) is 27.7. The fourth-order valence-corrected chi connectivity index (χ4v) is 3.34. The second-order valence-corrected chi connectivity index (χ2v) is 6.34. The molecule has 0 radical (unpaired) electrons. The van der Waals surface area contributed by atoms with Gasteiger partial charge in [-0.1, -0.05) is 0 Å². The zero-order valence-electron chi connectivity index (χ0n) is 15.1. The molecule has 0 saturated heterocycles. The smallest absolute Gasteiger partial charge is 0.253 e. The summed E-state index contributed by atoms with van der Waals surface area (Å²) in [7, 11) is 0. The van der Waals surface area contributed by atoms with Crippen LogP contribution in [0.25, 0.3) is 10.9 Å². The molecule has 1 aromatic carbocycles. The molecular weight excluding hydrogens is 346 g/mol. The Morgan fingerprint density at radius 3 is 2.93 bits per heavy atom. The number of nitrogens with zero attached hydrogens (tertiary/aromatic N) is 2. The number of aromatic amines is 1. The van der Waals surface area contributed by atoms with E-state index >= 15 is 0 Å². The number of hydrogen-bond donors (Lipinski definition) is 1. The molecule has 1 aliphatic rings. The molecule has 0 unspecified atom stereocenters. The Bertz CT molecular complexity index is 1080. The number of ether oxygens (including phenoxy) is 1. The number of furan rings is 1. The minimum Gasteiger partial charge on any atom is -0.494 e. The second kappa shape index (κ2) is 6.75. The number of rotatable bonds is 4. The summed E-state index contributed by atoms with van der Waals surface area (Å²) >= 11 is 0. The van der Waals surface area contributed by atoms with E-state index in [1.165, 1.54) is 11.9 Å². The third-order valence-corrected chi connectivity index (χ3v) is 4.55. The molecule has 1 atom stereocenters. The third-order valence-electron chi connectivity index (χ3n) is 4.55. The van der Waals surface area contributed by atoms with Gasteiger partial charge in [0.25, 0.3) is 5.56 Å². The van der Waals surface area contributed by atoms with Gasteiger partial charge in [-0.2, -0.15) is 5.10 Å². The van der Waals surface area contributed by atoms with Crippen molar-refractivity contribution in [3.05, 3.63) is 64.3 Å². The predicted octanol–water partition coefficient (Wildman–Crippen LogP) is 3.22. The maximum absolute atomic E-state index is 12.7. The van der Waals surface area contributed by atoms with Gasteiger partial charge in [-0.05, 0) is 42.6 Å². The largest absolute Gasteiger partial charge is 0.494 e. The van der Waals surface area contributed by atoms with E-state index in [1.807, 2.05) is 25.1 Å².